The van der Waals surface area contributed by atoms with Gasteiger partial charge in [-0.25, -0.2) is 9.78 Å². The Kier molecular flexibility index (Phi) is 9.70. The third-order valence-corrected chi connectivity index (χ3v) is 5.66. The fourth-order valence-electron chi connectivity index (χ4n) is 3.60. The minimum absolute atomic E-state index is 0.0960. The van der Waals surface area contributed by atoms with Crippen LogP contribution in [0.4, 0.5) is 0 Å². The van der Waals surface area contributed by atoms with Crippen LogP contribution in [0.3, 0.4) is 0 Å². The Morgan fingerprint density at radius 3 is 2.29 bits per heavy atom. The van der Waals surface area contributed by atoms with E-state index in [-0.39, 0.29) is 29.0 Å². The maximum Gasteiger partial charge on any atom is 0.328 e. The normalized spacial score (nSPS) is 13.6. The van der Waals surface area contributed by atoms with Crippen molar-refractivity contribution in [1.29, 1.82) is 0 Å². The number of benzene rings is 1. The van der Waals surface area contributed by atoms with E-state index in [2.05, 4.69) is 10.3 Å². The van der Waals surface area contributed by atoms with Crippen LogP contribution in [-0.4, -0.2) is 42.1 Å². The van der Waals surface area contributed by atoms with E-state index in [0.29, 0.717) is 10.0 Å². The van der Waals surface area contributed by atoms with Gasteiger partial charge < -0.3 is 19.5 Å². The van der Waals surface area contributed by atoms with Crippen molar-refractivity contribution in [3.63, 3.8) is 0 Å². The second-order valence-corrected chi connectivity index (χ2v) is 8.90. The van der Waals surface area contributed by atoms with Gasteiger partial charge in [-0.2, -0.15) is 0 Å². The van der Waals surface area contributed by atoms with E-state index in [0.717, 1.165) is 5.56 Å². The monoisotopic (exact) mass is 510 g/mol. The number of carbonyl (C=O) groups is 3. The molecule has 0 saturated heterocycles. The maximum absolute atomic E-state index is 12.8. The average Bonchev–Trinajstić information content (AvgIpc) is 2.74. The Labute approximate surface area is 208 Å². The van der Waals surface area contributed by atoms with E-state index in [1.165, 1.54) is 33.2 Å². The first kappa shape index (κ1) is 27.4. The summed E-state index contributed by atoms with van der Waals surface area (Å²) >= 11 is 12.4. The molecular weight excluding hydrogens is 483 g/mol. The molecule has 0 aliphatic heterocycles. The molecule has 8 nitrogen and oxygen atoms in total. The average molecular weight is 511 g/mol. The molecule has 0 aliphatic carbocycles. The lowest BCUT2D eigenvalue weighted by Crippen LogP contribution is -2.42. The van der Waals surface area contributed by atoms with Gasteiger partial charge in [0, 0.05) is 35.2 Å². The first-order valence-electron chi connectivity index (χ1n) is 10.6. The Bertz CT molecular complexity index is 1060. The van der Waals surface area contributed by atoms with Gasteiger partial charge in [0.1, 0.15) is 12.1 Å². The molecule has 10 heteroatoms. The summed E-state index contributed by atoms with van der Waals surface area (Å²) in [6, 6.07) is 5.63. The van der Waals surface area contributed by atoms with Crippen LogP contribution in [0.2, 0.25) is 10.0 Å². The van der Waals surface area contributed by atoms with E-state index in [1.54, 1.807) is 19.1 Å². The quantitative estimate of drug-likeness (QED) is 0.482. The van der Waals surface area contributed by atoms with Crippen LogP contribution in [0.15, 0.2) is 30.5 Å². The number of hydrogen-bond donors (Lipinski definition) is 1. The van der Waals surface area contributed by atoms with Crippen LogP contribution < -0.4 is 14.8 Å². The summed E-state index contributed by atoms with van der Waals surface area (Å²) in [6.45, 7) is 8.43. The molecule has 1 amide bonds. The number of methoxy groups -OCH3 is 1. The number of esters is 2. The molecule has 1 aromatic heterocycles. The number of pyridine rings is 1. The SMILES string of the molecule is COc1ccnc(C(=O)N[C@@H](C)C(=O)O[C@@H](C)[C@H](c2ccc(Cl)cc2Cl)C(C)C)c1OC(C)=O. The van der Waals surface area contributed by atoms with Crippen molar-refractivity contribution in [2.75, 3.05) is 7.11 Å². The van der Waals surface area contributed by atoms with Gasteiger partial charge in [0.05, 0.1) is 7.11 Å². The first-order valence-corrected chi connectivity index (χ1v) is 11.4. The van der Waals surface area contributed by atoms with E-state index in [1.807, 2.05) is 19.9 Å². The predicted molar refractivity (Wildman–Crippen MR) is 129 cm³/mol. The molecule has 3 atom stereocenters. The van der Waals surface area contributed by atoms with Gasteiger partial charge in [0.2, 0.25) is 5.75 Å². The molecule has 2 rings (SSSR count). The Balaban J connectivity index is 2.16. The predicted octanol–water partition coefficient (Wildman–Crippen LogP) is 4.81. The topological polar surface area (TPSA) is 104 Å². The molecule has 0 radical (unpaired) electrons. The summed E-state index contributed by atoms with van der Waals surface area (Å²) in [6.07, 6.45) is 0.784. The molecule has 2 aromatic rings. The number of nitrogens with zero attached hydrogens (tertiary/aromatic N) is 1. The van der Waals surface area contributed by atoms with Crippen molar-refractivity contribution in [2.24, 2.45) is 5.92 Å². The summed E-state index contributed by atoms with van der Waals surface area (Å²) in [5, 5.41) is 3.52. The molecule has 0 saturated carbocycles. The smallest absolute Gasteiger partial charge is 0.328 e. The highest BCUT2D eigenvalue weighted by molar-refractivity contribution is 6.35. The largest absolute Gasteiger partial charge is 0.493 e. The van der Waals surface area contributed by atoms with Crippen LogP contribution in [0, 0.1) is 5.92 Å². The fraction of sp³-hybridized carbons (Fsp3) is 0.417. The van der Waals surface area contributed by atoms with E-state index < -0.39 is 30.0 Å². The minimum atomic E-state index is -1.01. The van der Waals surface area contributed by atoms with Gasteiger partial charge in [-0.05, 0) is 37.5 Å². The van der Waals surface area contributed by atoms with Crippen molar-refractivity contribution in [2.45, 2.75) is 52.7 Å². The number of ether oxygens (including phenoxy) is 3. The van der Waals surface area contributed by atoms with Crippen LogP contribution in [0.1, 0.15) is 56.6 Å². The maximum atomic E-state index is 12.8. The Morgan fingerprint density at radius 1 is 1.06 bits per heavy atom. The Morgan fingerprint density at radius 2 is 1.74 bits per heavy atom. The zero-order valence-corrected chi connectivity index (χ0v) is 21.4. The number of nitrogens with one attached hydrogen (secondary N) is 1. The standard InChI is InChI=1S/C24H28Cl2N2O6/c1-12(2)20(17-8-7-16(25)11-18(17)26)14(4)33-24(31)13(3)28-23(30)21-22(34-15(5)29)19(32-6)9-10-27-21/h7-14,20H,1-6H3,(H,28,30)/t13-,14-,20+/m0/s1. The first-order chi connectivity index (χ1) is 16.0. The Hall–Kier alpha value is -2.84. The van der Waals surface area contributed by atoms with Gasteiger partial charge in [-0.1, -0.05) is 43.1 Å². The lowest BCUT2D eigenvalue weighted by Gasteiger charge is -2.29. The van der Waals surface area contributed by atoms with Crippen molar-refractivity contribution in [3.8, 4) is 11.5 Å². The van der Waals surface area contributed by atoms with Gasteiger partial charge in [-0.15, -0.1) is 0 Å². The molecule has 184 valence electrons. The molecule has 0 bridgehead atoms. The molecule has 1 N–H and O–H groups in total. The molecule has 0 spiro atoms. The third kappa shape index (κ3) is 6.84. The van der Waals surface area contributed by atoms with E-state index in [9.17, 15) is 14.4 Å². The molecular formula is C24H28Cl2N2O6. The third-order valence-electron chi connectivity index (χ3n) is 5.10. The van der Waals surface area contributed by atoms with Gasteiger partial charge in [0.25, 0.3) is 5.91 Å². The van der Waals surface area contributed by atoms with Crippen molar-refractivity contribution in [3.05, 3.63) is 51.8 Å². The minimum Gasteiger partial charge on any atom is -0.493 e. The molecule has 0 aliphatic rings. The highest BCUT2D eigenvalue weighted by atomic mass is 35.5. The molecule has 0 unspecified atom stereocenters. The van der Waals surface area contributed by atoms with Crippen LogP contribution in [0.5, 0.6) is 11.5 Å². The highest BCUT2D eigenvalue weighted by Gasteiger charge is 2.30. The van der Waals surface area contributed by atoms with Crippen LogP contribution in [0.25, 0.3) is 0 Å². The number of halogens is 2. The lowest BCUT2D eigenvalue weighted by atomic mass is 9.84. The number of rotatable bonds is 9. The lowest BCUT2D eigenvalue weighted by molar-refractivity contribution is -0.151. The number of amides is 1. The van der Waals surface area contributed by atoms with Gasteiger partial charge >= 0.3 is 11.9 Å². The molecule has 1 aromatic carbocycles. The zero-order valence-electron chi connectivity index (χ0n) is 19.8. The summed E-state index contributed by atoms with van der Waals surface area (Å²) in [7, 11) is 1.36. The number of carbonyl (C=O) groups excluding carboxylic acids is 3. The van der Waals surface area contributed by atoms with Gasteiger partial charge in [-0.3, -0.25) is 9.59 Å². The summed E-state index contributed by atoms with van der Waals surface area (Å²) < 4.78 is 15.9. The van der Waals surface area contributed by atoms with Crippen molar-refractivity contribution < 1.29 is 28.6 Å². The second kappa shape index (κ2) is 12.0. The highest BCUT2D eigenvalue weighted by Crippen LogP contribution is 2.36. The van der Waals surface area contributed by atoms with E-state index >= 15 is 0 Å². The second-order valence-electron chi connectivity index (χ2n) is 8.06. The van der Waals surface area contributed by atoms with E-state index in [4.69, 9.17) is 37.4 Å². The number of aromatic nitrogens is 1. The summed E-state index contributed by atoms with van der Waals surface area (Å²) in [5.74, 6) is -2.12. The summed E-state index contributed by atoms with van der Waals surface area (Å²) in [4.78, 5) is 41.0. The van der Waals surface area contributed by atoms with Crippen LogP contribution in [-0.2, 0) is 14.3 Å². The summed E-state index contributed by atoms with van der Waals surface area (Å²) in [5.41, 5.74) is 0.611. The van der Waals surface area contributed by atoms with Crippen molar-refractivity contribution in [1.82, 2.24) is 10.3 Å². The fourth-order valence-corrected chi connectivity index (χ4v) is 4.14. The zero-order chi connectivity index (χ0) is 25.6. The van der Waals surface area contributed by atoms with Crippen LogP contribution >= 0.6 is 23.2 Å². The number of hydrogen-bond acceptors (Lipinski definition) is 7. The molecule has 34 heavy (non-hydrogen) atoms. The molecule has 1 heterocycles. The molecule has 0 fully saturated rings. The van der Waals surface area contributed by atoms with Crippen molar-refractivity contribution >= 4 is 41.0 Å². The van der Waals surface area contributed by atoms with Gasteiger partial charge in [0.15, 0.2) is 11.4 Å².